The molecule has 0 saturated carbocycles. The summed E-state index contributed by atoms with van der Waals surface area (Å²) in [4.78, 5) is 14.6. The minimum Gasteiger partial charge on any atom is -0.390 e. The zero-order valence-corrected chi connectivity index (χ0v) is 11.2. The molecule has 7 heteroatoms. The molecule has 0 unspecified atom stereocenters. The minimum atomic E-state index is -4.40. The Labute approximate surface area is 122 Å². The highest BCUT2D eigenvalue weighted by molar-refractivity contribution is 5.61. The van der Waals surface area contributed by atoms with E-state index in [4.69, 9.17) is 0 Å². The van der Waals surface area contributed by atoms with Crippen molar-refractivity contribution in [3.05, 3.63) is 64.2 Å². The molecule has 0 saturated heterocycles. The summed E-state index contributed by atoms with van der Waals surface area (Å²) in [7, 11) is 0. The van der Waals surface area contributed by atoms with Gasteiger partial charge in [0, 0.05) is 11.9 Å². The molecule has 0 amide bonds. The van der Waals surface area contributed by atoms with Crippen LogP contribution in [0.3, 0.4) is 0 Å². The van der Waals surface area contributed by atoms with Gasteiger partial charge in [0.05, 0.1) is 17.9 Å². The topological polar surface area (TPSA) is 57.5 Å². The Morgan fingerprint density at radius 2 is 1.77 bits per heavy atom. The first-order chi connectivity index (χ1) is 10.4. The summed E-state index contributed by atoms with van der Waals surface area (Å²) < 4.78 is 39.2. The lowest BCUT2D eigenvalue weighted by molar-refractivity contribution is -0.137. The second-order valence-corrected chi connectivity index (χ2v) is 4.81. The van der Waals surface area contributed by atoms with Crippen LogP contribution >= 0.6 is 0 Å². The summed E-state index contributed by atoms with van der Waals surface area (Å²) in [5.74, 6) is 0. The quantitative estimate of drug-likeness (QED) is 0.765. The molecule has 0 atom stereocenters. The third-order valence-corrected chi connectivity index (χ3v) is 3.43. The van der Waals surface area contributed by atoms with Crippen molar-refractivity contribution in [3.63, 3.8) is 0 Å². The number of aliphatic hydroxyl groups is 1. The van der Waals surface area contributed by atoms with Gasteiger partial charge in [0.1, 0.15) is 5.52 Å². The molecule has 114 valence electrons. The molecule has 0 fully saturated rings. The van der Waals surface area contributed by atoms with Crippen LogP contribution in [0.1, 0.15) is 11.3 Å². The second-order valence-electron chi connectivity index (χ2n) is 4.81. The molecule has 0 radical (unpaired) electrons. The van der Waals surface area contributed by atoms with Gasteiger partial charge in [0.2, 0.25) is 0 Å². The normalized spacial score (nSPS) is 12.0. The number of aromatic amines is 1. The van der Waals surface area contributed by atoms with E-state index in [1.54, 1.807) is 18.3 Å². The first-order valence-electron chi connectivity index (χ1n) is 6.42. The van der Waals surface area contributed by atoms with Gasteiger partial charge in [0.25, 0.3) is 5.56 Å². The average Bonchev–Trinajstić information content (AvgIpc) is 2.90. The molecule has 2 N–H and O–H groups in total. The molecule has 2 heterocycles. The van der Waals surface area contributed by atoms with Crippen molar-refractivity contribution in [2.75, 3.05) is 0 Å². The smallest absolute Gasteiger partial charge is 0.390 e. The Bertz CT molecular complexity index is 876. The number of aromatic nitrogens is 2. The molecule has 3 aromatic rings. The molecule has 0 aliphatic carbocycles. The van der Waals surface area contributed by atoms with Gasteiger partial charge >= 0.3 is 6.18 Å². The summed E-state index contributed by atoms with van der Waals surface area (Å²) in [6.45, 7) is -0.246. The number of alkyl halides is 3. The number of nitrogens with one attached hydrogen (secondary N) is 1. The number of fused-ring (bicyclic) bond motifs is 1. The number of benzene rings is 1. The summed E-state index contributed by atoms with van der Waals surface area (Å²) in [6, 6.07) is 7.69. The van der Waals surface area contributed by atoms with Crippen LogP contribution in [0.5, 0.6) is 0 Å². The van der Waals surface area contributed by atoms with Crippen molar-refractivity contribution in [1.29, 1.82) is 0 Å². The van der Waals surface area contributed by atoms with Crippen LogP contribution in [-0.2, 0) is 12.8 Å². The van der Waals surface area contributed by atoms with Crippen molar-refractivity contribution in [2.24, 2.45) is 0 Å². The van der Waals surface area contributed by atoms with Gasteiger partial charge in [0.15, 0.2) is 0 Å². The number of nitrogens with zero attached hydrogens (tertiary/aromatic N) is 1. The van der Waals surface area contributed by atoms with E-state index in [1.807, 2.05) is 0 Å². The Hall–Kier alpha value is -2.54. The standard InChI is InChI=1S/C15H11F3N2O2/c16-15(17,18)10-3-1-9(2-4-10)12-7-20-11(8-21)5-6-13(20)14(22)19-12/h1-7,21H,8H2,(H,19,22). The summed E-state index contributed by atoms with van der Waals surface area (Å²) in [5, 5.41) is 9.24. The third kappa shape index (κ3) is 2.39. The molecule has 22 heavy (non-hydrogen) atoms. The highest BCUT2D eigenvalue weighted by atomic mass is 19.4. The fourth-order valence-corrected chi connectivity index (χ4v) is 2.29. The number of hydrogen-bond donors (Lipinski definition) is 2. The Morgan fingerprint density at radius 1 is 1.09 bits per heavy atom. The zero-order valence-electron chi connectivity index (χ0n) is 11.2. The first-order valence-corrected chi connectivity index (χ1v) is 6.42. The molecule has 3 rings (SSSR count). The van der Waals surface area contributed by atoms with Crippen molar-refractivity contribution >= 4 is 5.52 Å². The third-order valence-electron chi connectivity index (χ3n) is 3.43. The van der Waals surface area contributed by atoms with E-state index in [9.17, 15) is 23.1 Å². The van der Waals surface area contributed by atoms with E-state index in [1.165, 1.54) is 16.5 Å². The van der Waals surface area contributed by atoms with Gasteiger partial charge in [-0.2, -0.15) is 13.2 Å². The lowest BCUT2D eigenvalue weighted by Gasteiger charge is -2.08. The fourth-order valence-electron chi connectivity index (χ4n) is 2.29. The molecule has 1 aromatic carbocycles. The van der Waals surface area contributed by atoms with E-state index in [2.05, 4.69) is 4.98 Å². The number of H-pyrrole nitrogens is 1. The molecule has 4 nitrogen and oxygen atoms in total. The zero-order chi connectivity index (χ0) is 15.9. The molecule has 0 aliphatic rings. The monoisotopic (exact) mass is 308 g/mol. The average molecular weight is 308 g/mol. The Balaban J connectivity index is 2.12. The summed E-state index contributed by atoms with van der Waals surface area (Å²) in [6.07, 6.45) is -2.83. The van der Waals surface area contributed by atoms with Crippen LogP contribution in [0, 0.1) is 0 Å². The van der Waals surface area contributed by atoms with Crippen molar-refractivity contribution < 1.29 is 18.3 Å². The number of halogens is 3. The SMILES string of the molecule is O=c1[nH]c(-c2ccc(C(F)(F)F)cc2)cn2c(CO)ccc12. The molecule has 2 aromatic heterocycles. The van der Waals surface area contributed by atoms with Crippen molar-refractivity contribution in [1.82, 2.24) is 9.38 Å². The second kappa shape index (κ2) is 5.03. The van der Waals surface area contributed by atoms with Crippen LogP contribution in [0.4, 0.5) is 13.2 Å². The first kappa shape index (κ1) is 14.4. The van der Waals surface area contributed by atoms with Crippen LogP contribution in [0.2, 0.25) is 0 Å². The van der Waals surface area contributed by atoms with Crippen LogP contribution < -0.4 is 5.56 Å². The predicted molar refractivity (Wildman–Crippen MR) is 74.4 cm³/mol. The minimum absolute atomic E-state index is 0.246. The number of aliphatic hydroxyl groups excluding tert-OH is 1. The van der Waals surface area contributed by atoms with Gasteiger partial charge in [-0.1, -0.05) is 12.1 Å². The lowest BCUT2D eigenvalue weighted by Crippen LogP contribution is -2.11. The maximum absolute atomic E-state index is 12.6. The summed E-state index contributed by atoms with van der Waals surface area (Å²) >= 11 is 0. The number of hydrogen-bond acceptors (Lipinski definition) is 2. The maximum atomic E-state index is 12.6. The van der Waals surface area contributed by atoms with Crippen LogP contribution in [-0.4, -0.2) is 14.5 Å². The molecular weight excluding hydrogens is 297 g/mol. The Morgan fingerprint density at radius 3 is 2.36 bits per heavy atom. The van der Waals surface area contributed by atoms with E-state index in [0.717, 1.165) is 12.1 Å². The number of rotatable bonds is 2. The largest absolute Gasteiger partial charge is 0.416 e. The molecule has 0 aliphatic heterocycles. The van der Waals surface area contributed by atoms with Gasteiger partial charge in [-0.25, -0.2) is 0 Å². The van der Waals surface area contributed by atoms with E-state index < -0.39 is 11.7 Å². The highest BCUT2D eigenvalue weighted by Gasteiger charge is 2.30. The Kier molecular flexibility index (Phi) is 3.29. The maximum Gasteiger partial charge on any atom is 0.416 e. The van der Waals surface area contributed by atoms with Crippen molar-refractivity contribution in [3.8, 4) is 11.3 Å². The lowest BCUT2D eigenvalue weighted by atomic mass is 10.1. The van der Waals surface area contributed by atoms with Gasteiger partial charge < -0.3 is 14.5 Å². The highest BCUT2D eigenvalue weighted by Crippen LogP contribution is 2.30. The molecule has 0 spiro atoms. The predicted octanol–water partition coefficient (Wildman–Crippen LogP) is 2.81. The van der Waals surface area contributed by atoms with Crippen LogP contribution in [0.15, 0.2) is 47.4 Å². The fraction of sp³-hybridized carbons (Fsp3) is 0.133. The van der Waals surface area contributed by atoms with Gasteiger partial charge in [-0.05, 0) is 29.8 Å². The summed E-state index contributed by atoms with van der Waals surface area (Å²) in [5.41, 5.74) is 0.574. The van der Waals surface area contributed by atoms with Crippen molar-refractivity contribution in [2.45, 2.75) is 12.8 Å². The van der Waals surface area contributed by atoms with E-state index in [0.29, 0.717) is 22.5 Å². The van der Waals surface area contributed by atoms with Gasteiger partial charge in [-0.3, -0.25) is 4.79 Å². The molecular formula is C15H11F3N2O2. The van der Waals surface area contributed by atoms with Crippen LogP contribution in [0.25, 0.3) is 16.8 Å². The van der Waals surface area contributed by atoms with E-state index >= 15 is 0 Å². The molecule has 0 bridgehead atoms. The van der Waals surface area contributed by atoms with E-state index in [-0.39, 0.29) is 12.2 Å². The van der Waals surface area contributed by atoms with Gasteiger partial charge in [-0.15, -0.1) is 0 Å².